The molecule has 338 valence electrons. The van der Waals surface area contributed by atoms with Gasteiger partial charge >= 0.3 is 11.9 Å². The number of unbranched alkanes of at least 4 members (excludes halogenated alkanes) is 1. The third kappa shape index (κ3) is 22.5. The monoisotopic (exact) mass is 860 g/mol. The lowest BCUT2D eigenvalue weighted by Crippen LogP contribution is -2.58. The fraction of sp³-hybridized carbons (Fsp3) is 0.636. The highest BCUT2D eigenvalue weighted by atomic mass is 16.4. The molecule has 0 fully saturated rings. The van der Waals surface area contributed by atoms with Crippen LogP contribution in [0.3, 0.4) is 0 Å². The summed E-state index contributed by atoms with van der Waals surface area (Å²) in [5.74, 6) is -12.3. The van der Waals surface area contributed by atoms with Crippen molar-refractivity contribution in [1.82, 2.24) is 42.5 Å². The van der Waals surface area contributed by atoms with Crippen LogP contribution in [0.4, 0.5) is 0 Å². The SMILES string of the molecule is C[C@H](NC(=O)[C@H](CCCCN)NC(=O)[C@H](C)NC(=O)[C@@H](N)CCC(=O)O)C(=O)N[C@@H](CCC(N)=O)C(=O)NCC(=O)NCC(=O)N[C@@H](CO)C(=O)N[C@@H](CC(N)=O)C(=O)O. The van der Waals surface area contributed by atoms with Gasteiger partial charge in [0.1, 0.15) is 36.3 Å². The number of aliphatic hydroxyl groups is 1. The highest BCUT2D eigenvalue weighted by molar-refractivity contribution is 5.97. The van der Waals surface area contributed by atoms with E-state index in [2.05, 4.69) is 31.9 Å². The first kappa shape index (κ1) is 53.5. The van der Waals surface area contributed by atoms with Crippen LogP contribution in [0.25, 0.3) is 0 Å². The van der Waals surface area contributed by atoms with Gasteiger partial charge in [0.05, 0.1) is 32.2 Å². The Kier molecular flexibility index (Phi) is 25.0. The van der Waals surface area contributed by atoms with Gasteiger partial charge in [0.15, 0.2) is 0 Å². The Bertz CT molecular complexity index is 1580. The van der Waals surface area contributed by atoms with Crippen LogP contribution in [0.5, 0.6) is 0 Å². The van der Waals surface area contributed by atoms with Gasteiger partial charge in [0.25, 0.3) is 0 Å². The molecule has 0 aromatic rings. The van der Waals surface area contributed by atoms with Crippen LogP contribution >= 0.6 is 0 Å². The first-order valence-electron chi connectivity index (χ1n) is 18.5. The van der Waals surface area contributed by atoms with E-state index in [4.69, 9.17) is 33.1 Å². The van der Waals surface area contributed by atoms with E-state index in [-0.39, 0.29) is 32.2 Å². The zero-order valence-electron chi connectivity index (χ0n) is 33.1. The summed E-state index contributed by atoms with van der Waals surface area (Å²) in [7, 11) is 0. The van der Waals surface area contributed by atoms with Crippen molar-refractivity contribution in [3.63, 3.8) is 0 Å². The van der Waals surface area contributed by atoms with Gasteiger partial charge in [-0.05, 0) is 52.5 Å². The Balaban J connectivity index is 5.43. The number of carboxylic acid groups (broad SMARTS) is 2. The molecule has 0 aliphatic heterocycles. The number of carbonyl (C=O) groups is 12. The number of nitrogens with one attached hydrogen (secondary N) is 8. The number of hydrogen-bond donors (Lipinski definition) is 15. The van der Waals surface area contributed by atoms with E-state index < -0.39 is 146 Å². The van der Waals surface area contributed by atoms with E-state index in [1.165, 1.54) is 13.8 Å². The Morgan fingerprint density at radius 3 is 1.55 bits per heavy atom. The third-order valence-corrected chi connectivity index (χ3v) is 8.13. The summed E-state index contributed by atoms with van der Waals surface area (Å²) < 4.78 is 0. The van der Waals surface area contributed by atoms with Crippen molar-refractivity contribution in [2.75, 3.05) is 26.2 Å². The molecule has 0 heterocycles. The molecule has 0 spiro atoms. The van der Waals surface area contributed by atoms with Crippen LogP contribution in [0.1, 0.15) is 65.2 Å². The van der Waals surface area contributed by atoms with Crippen LogP contribution < -0.4 is 65.5 Å². The normalized spacial score (nSPS) is 14.2. The molecule has 60 heavy (non-hydrogen) atoms. The van der Waals surface area contributed by atoms with Gasteiger partial charge in [-0.3, -0.25) is 52.7 Å². The van der Waals surface area contributed by atoms with Crippen molar-refractivity contribution >= 4 is 71.0 Å². The predicted molar refractivity (Wildman–Crippen MR) is 204 cm³/mol. The quantitative estimate of drug-likeness (QED) is 0.0298. The summed E-state index contributed by atoms with van der Waals surface area (Å²) in [6.45, 7) is 0.215. The number of nitrogens with two attached hydrogens (primary N) is 4. The molecule has 0 aromatic heterocycles. The first-order valence-corrected chi connectivity index (χ1v) is 18.5. The molecule has 0 aromatic carbocycles. The molecular weight excluding hydrogens is 804 g/mol. The Morgan fingerprint density at radius 1 is 0.533 bits per heavy atom. The number of hydrogen-bond acceptors (Lipinski definition) is 15. The largest absolute Gasteiger partial charge is 0.481 e. The van der Waals surface area contributed by atoms with E-state index in [0.717, 1.165) is 0 Å². The molecule has 27 heteroatoms. The lowest BCUT2D eigenvalue weighted by atomic mass is 10.1. The number of carbonyl (C=O) groups excluding carboxylic acids is 10. The summed E-state index contributed by atoms with van der Waals surface area (Å²) in [5, 5.41) is 45.2. The molecule has 0 saturated heterocycles. The number of primary amides is 2. The summed E-state index contributed by atoms with van der Waals surface area (Å²) in [4.78, 5) is 146. The highest BCUT2D eigenvalue weighted by Crippen LogP contribution is 2.05. The number of amides is 10. The Labute approximate surface area is 342 Å². The van der Waals surface area contributed by atoms with Crippen LogP contribution in [-0.4, -0.2) is 155 Å². The second kappa shape index (κ2) is 28.0. The third-order valence-electron chi connectivity index (χ3n) is 8.13. The minimum atomic E-state index is -1.75. The van der Waals surface area contributed by atoms with E-state index in [1.54, 1.807) is 0 Å². The topological polar surface area (TPSA) is 466 Å². The molecule has 7 atom stereocenters. The standard InChI is InChI=1S/C33H56N12O15/c1-15(40-29(55)17(35)6-9-26(51)52)27(53)43-18(5-3-4-10-34)31(57)41-16(2)28(54)44-19(7-8-22(36)47)30(56)39-12-24(49)38-13-25(50)42-21(14-46)32(58)45-20(33(59)60)11-23(37)48/h15-21,46H,3-14,34-35H2,1-2H3,(H2,36,47)(H2,37,48)(H,38,49)(H,39,56)(H,40,55)(H,41,57)(H,42,50)(H,43,53)(H,44,54)(H,45,58)(H,51,52)(H,59,60)/t15-,16-,17-,18-,19-,20-,21-/m0/s1. The fourth-order valence-corrected chi connectivity index (χ4v) is 4.73. The lowest BCUT2D eigenvalue weighted by Gasteiger charge is -2.24. The summed E-state index contributed by atoms with van der Waals surface area (Å²) in [5.41, 5.74) is 21.4. The predicted octanol–water partition coefficient (Wildman–Crippen LogP) is -8.29. The Hall–Kier alpha value is -6.48. The summed E-state index contributed by atoms with van der Waals surface area (Å²) >= 11 is 0. The minimum absolute atomic E-state index is 0.0538. The molecule has 0 rings (SSSR count). The summed E-state index contributed by atoms with van der Waals surface area (Å²) in [6.07, 6.45) is -1.25. The van der Waals surface area contributed by atoms with Crippen molar-refractivity contribution in [3.05, 3.63) is 0 Å². The van der Waals surface area contributed by atoms with E-state index >= 15 is 0 Å². The maximum Gasteiger partial charge on any atom is 0.326 e. The number of rotatable bonds is 30. The van der Waals surface area contributed by atoms with E-state index in [9.17, 15) is 62.6 Å². The van der Waals surface area contributed by atoms with E-state index in [1.807, 2.05) is 10.6 Å². The van der Waals surface area contributed by atoms with Gasteiger partial charge in [-0.2, -0.15) is 0 Å². The highest BCUT2D eigenvalue weighted by Gasteiger charge is 2.30. The van der Waals surface area contributed by atoms with Crippen LogP contribution in [0.15, 0.2) is 0 Å². The van der Waals surface area contributed by atoms with Crippen molar-refractivity contribution in [2.45, 2.75) is 108 Å². The number of aliphatic carboxylic acids is 2. The molecule has 19 N–H and O–H groups in total. The second-order valence-corrected chi connectivity index (χ2v) is 13.3. The fourth-order valence-electron chi connectivity index (χ4n) is 4.73. The second-order valence-electron chi connectivity index (χ2n) is 13.3. The molecule has 0 unspecified atom stereocenters. The lowest BCUT2D eigenvalue weighted by molar-refractivity contribution is -0.144. The van der Waals surface area contributed by atoms with Crippen molar-refractivity contribution in [3.8, 4) is 0 Å². The maximum atomic E-state index is 13.2. The van der Waals surface area contributed by atoms with Gasteiger partial charge in [0, 0.05) is 12.8 Å². The van der Waals surface area contributed by atoms with Gasteiger partial charge < -0.3 is 80.8 Å². The minimum Gasteiger partial charge on any atom is -0.481 e. The molecular formula is C33H56N12O15. The molecule has 10 amide bonds. The Morgan fingerprint density at radius 2 is 1.05 bits per heavy atom. The van der Waals surface area contributed by atoms with Crippen LogP contribution in [0.2, 0.25) is 0 Å². The van der Waals surface area contributed by atoms with Crippen molar-refractivity contribution < 1.29 is 72.9 Å². The average molecular weight is 861 g/mol. The summed E-state index contributed by atoms with van der Waals surface area (Å²) in [6, 6.07) is -9.96. The number of carboxylic acids is 2. The van der Waals surface area contributed by atoms with Gasteiger partial charge in [0.2, 0.25) is 59.1 Å². The molecule has 27 nitrogen and oxygen atoms in total. The van der Waals surface area contributed by atoms with Gasteiger partial charge in [-0.1, -0.05) is 0 Å². The first-order chi connectivity index (χ1) is 28.0. The van der Waals surface area contributed by atoms with Gasteiger partial charge in [-0.25, -0.2) is 4.79 Å². The number of aliphatic hydroxyl groups excluding tert-OH is 1. The van der Waals surface area contributed by atoms with Crippen LogP contribution in [-0.2, 0) is 57.5 Å². The van der Waals surface area contributed by atoms with Crippen LogP contribution in [0, 0.1) is 0 Å². The molecule has 0 radical (unpaired) electrons. The van der Waals surface area contributed by atoms with Gasteiger partial charge in [-0.15, -0.1) is 0 Å². The molecule has 0 bridgehead atoms. The maximum absolute atomic E-state index is 13.2. The molecule has 0 saturated carbocycles. The van der Waals surface area contributed by atoms with Crippen molar-refractivity contribution in [1.29, 1.82) is 0 Å². The average Bonchev–Trinajstić information content (AvgIpc) is 3.17. The van der Waals surface area contributed by atoms with E-state index in [0.29, 0.717) is 12.8 Å². The molecule has 0 aliphatic carbocycles. The molecule has 0 aliphatic rings. The zero-order chi connectivity index (χ0) is 46.1. The van der Waals surface area contributed by atoms with Crippen molar-refractivity contribution in [2.24, 2.45) is 22.9 Å². The smallest absolute Gasteiger partial charge is 0.326 e. The zero-order valence-corrected chi connectivity index (χ0v) is 33.1.